The van der Waals surface area contributed by atoms with Gasteiger partial charge in [-0.3, -0.25) is 4.79 Å². The van der Waals surface area contributed by atoms with Crippen LogP contribution in [0.3, 0.4) is 0 Å². The highest BCUT2D eigenvalue weighted by molar-refractivity contribution is 6.30. The molecule has 2 rings (SSSR count). The molecule has 0 radical (unpaired) electrons. The van der Waals surface area contributed by atoms with Crippen molar-refractivity contribution < 1.29 is 14.3 Å². The van der Waals surface area contributed by atoms with Crippen LogP contribution in [0.2, 0.25) is 5.02 Å². The Morgan fingerprint density at radius 2 is 2.11 bits per heavy atom. The first-order chi connectivity index (χ1) is 8.61. The van der Waals surface area contributed by atoms with Crippen molar-refractivity contribution in [3.63, 3.8) is 0 Å². The van der Waals surface area contributed by atoms with Gasteiger partial charge in [0.05, 0.1) is 7.11 Å². The molecule has 4 nitrogen and oxygen atoms in total. The minimum absolute atomic E-state index is 0.0136. The monoisotopic (exact) mass is 267 g/mol. The SMILES string of the molecule is COC(=O)C1CCC(=O)N1Cc1ccc(Cl)cc1. The molecule has 1 aromatic carbocycles. The lowest BCUT2D eigenvalue weighted by atomic mass is 10.2. The van der Waals surface area contributed by atoms with Crippen molar-refractivity contribution in [3.8, 4) is 0 Å². The number of halogens is 1. The van der Waals surface area contributed by atoms with Gasteiger partial charge in [-0.25, -0.2) is 4.79 Å². The highest BCUT2D eigenvalue weighted by Gasteiger charge is 2.36. The predicted octanol–water partition coefficient (Wildman–Crippen LogP) is 2.00. The third kappa shape index (κ3) is 2.64. The van der Waals surface area contributed by atoms with Crippen LogP contribution in [0, 0.1) is 0 Å². The molecule has 0 spiro atoms. The maximum absolute atomic E-state index is 11.8. The van der Waals surface area contributed by atoms with Crippen molar-refractivity contribution in [2.24, 2.45) is 0 Å². The quantitative estimate of drug-likeness (QED) is 0.787. The van der Waals surface area contributed by atoms with Crippen LogP contribution < -0.4 is 0 Å². The smallest absolute Gasteiger partial charge is 0.328 e. The van der Waals surface area contributed by atoms with E-state index in [1.165, 1.54) is 7.11 Å². The summed E-state index contributed by atoms with van der Waals surface area (Å²) in [7, 11) is 1.34. The van der Waals surface area contributed by atoms with Gasteiger partial charge in [-0.05, 0) is 24.1 Å². The molecule has 1 atom stereocenters. The van der Waals surface area contributed by atoms with E-state index in [4.69, 9.17) is 16.3 Å². The van der Waals surface area contributed by atoms with Gasteiger partial charge < -0.3 is 9.64 Å². The minimum atomic E-state index is -0.460. The van der Waals surface area contributed by atoms with E-state index in [-0.39, 0.29) is 11.9 Å². The molecule has 0 aliphatic carbocycles. The summed E-state index contributed by atoms with van der Waals surface area (Å²) in [6.45, 7) is 0.412. The normalized spacial score (nSPS) is 19.1. The number of carbonyl (C=O) groups is 2. The van der Waals surface area contributed by atoms with Gasteiger partial charge >= 0.3 is 5.97 Å². The van der Waals surface area contributed by atoms with Gasteiger partial charge in [0.2, 0.25) is 5.91 Å². The number of carbonyl (C=O) groups excluding carboxylic acids is 2. The summed E-state index contributed by atoms with van der Waals surface area (Å²) in [5.41, 5.74) is 0.948. The molecule has 1 aromatic rings. The molecule has 0 bridgehead atoms. The van der Waals surface area contributed by atoms with Crippen molar-refractivity contribution in [2.45, 2.75) is 25.4 Å². The first-order valence-electron chi connectivity index (χ1n) is 5.73. The van der Waals surface area contributed by atoms with Crippen LogP contribution in [0.1, 0.15) is 18.4 Å². The Kier molecular flexibility index (Phi) is 3.87. The Hall–Kier alpha value is -1.55. The molecule has 0 saturated carbocycles. The van der Waals surface area contributed by atoms with Gasteiger partial charge in [0.15, 0.2) is 0 Å². The first-order valence-corrected chi connectivity index (χ1v) is 6.11. The van der Waals surface area contributed by atoms with Crippen LogP contribution in [-0.2, 0) is 20.9 Å². The number of hydrogen-bond donors (Lipinski definition) is 0. The van der Waals surface area contributed by atoms with Gasteiger partial charge in [0.25, 0.3) is 0 Å². The standard InChI is InChI=1S/C13H14ClNO3/c1-18-13(17)11-6-7-12(16)15(11)8-9-2-4-10(14)5-3-9/h2-5,11H,6-8H2,1H3. The average Bonchev–Trinajstić information content (AvgIpc) is 2.73. The topological polar surface area (TPSA) is 46.6 Å². The Morgan fingerprint density at radius 1 is 1.44 bits per heavy atom. The zero-order valence-corrected chi connectivity index (χ0v) is 10.8. The first kappa shape index (κ1) is 12.9. The molecule has 1 aliphatic heterocycles. The molecule has 1 saturated heterocycles. The van der Waals surface area contributed by atoms with Gasteiger partial charge in [-0.2, -0.15) is 0 Å². The van der Waals surface area contributed by atoms with Crippen LogP contribution in [0.25, 0.3) is 0 Å². The number of rotatable bonds is 3. The number of benzene rings is 1. The van der Waals surface area contributed by atoms with Gasteiger partial charge in [0, 0.05) is 18.0 Å². The molecule has 5 heteroatoms. The van der Waals surface area contributed by atoms with E-state index >= 15 is 0 Å². The van der Waals surface area contributed by atoms with E-state index in [1.54, 1.807) is 17.0 Å². The molecule has 96 valence electrons. The zero-order valence-electron chi connectivity index (χ0n) is 10.1. The largest absolute Gasteiger partial charge is 0.467 e. The molecule has 18 heavy (non-hydrogen) atoms. The number of ether oxygens (including phenoxy) is 1. The van der Waals surface area contributed by atoms with Crippen molar-refractivity contribution in [1.29, 1.82) is 0 Å². The lowest BCUT2D eigenvalue weighted by Crippen LogP contribution is -2.38. The van der Waals surface area contributed by atoms with E-state index < -0.39 is 6.04 Å². The fourth-order valence-electron chi connectivity index (χ4n) is 2.10. The number of likely N-dealkylation sites (tertiary alicyclic amines) is 1. The second kappa shape index (κ2) is 5.40. The molecule has 1 amide bonds. The van der Waals surface area contributed by atoms with Crippen molar-refractivity contribution in [3.05, 3.63) is 34.9 Å². The second-order valence-electron chi connectivity index (χ2n) is 4.23. The molecule has 1 unspecified atom stereocenters. The fraction of sp³-hybridized carbons (Fsp3) is 0.385. The molecule has 0 aromatic heterocycles. The van der Waals surface area contributed by atoms with E-state index in [9.17, 15) is 9.59 Å². The summed E-state index contributed by atoms with van der Waals surface area (Å²) >= 11 is 5.80. The van der Waals surface area contributed by atoms with Crippen LogP contribution >= 0.6 is 11.6 Å². The van der Waals surface area contributed by atoms with E-state index in [1.807, 2.05) is 12.1 Å². The van der Waals surface area contributed by atoms with Crippen molar-refractivity contribution in [2.75, 3.05) is 7.11 Å². The molecule has 1 heterocycles. The second-order valence-corrected chi connectivity index (χ2v) is 4.66. The number of nitrogens with zero attached hydrogens (tertiary/aromatic N) is 1. The van der Waals surface area contributed by atoms with E-state index in [0.717, 1.165) is 5.56 Å². The molecule has 1 fully saturated rings. The highest BCUT2D eigenvalue weighted by atomic mass is 35.5. The van der Waals surface area contributed by atoms with E-state index in [0.29, 0.717) is 24.4 Å². The fourth-order valence-corrected chi connectivity index (χ4v) is 2.23. The van der Waals surface area contributed by atoms with Crippen molar-refractivity contribution in [1.82, 2.24) is 4.90 Å². The lowest BCUT2D eigenvalue weighted by Gasteiger charge is -2.22. The molecular weight excluding hydrogens is 254 g/mol. The Bertz CT molecular complexity index is 458. The highest BCUT2D eigenvalue weighted by Crippen LogP contribution is 2.23. The maximum atomic E-state index is 11.8. The number of amides is 1. The Morgan fingerprint density at radius 3 is 2.72 bits per heavy atom. The number of esters is 1. The number of methoxy groups -OCH3 is 1. The Balaban J connectivity index is 2.12. The maximum Gasteiger partial charge on any atom is 0.328 e. The Labute approximate surface area is 110 Å². The molecular formula is C13H14ClNO3. The predicted molar refractivity (Wildman–Crippen MR) is 67.0 cm³/mol. The lowest BCUT2D eigenvalue weighted by molar-refractivity contribution is -0.149. The number of hydrogen-bond acceptors (Lipinski definition) is 3. The summed E-state index contributed by atoms with van der Waals surface area (Å²) < 4.78 is 4.72. The van der Waals surface area contributed by atoms with Crippen LogP contribution in [0.4, 0.5) is 0 Å². The third-order valence-corrected chi connectivity index (χ3v) is 3.32. The summed E-state index contributed by atoms with van der Waals surface area (Å²) in [6.07, 6.45) is 0.923. The molecule has 1 aliphatic rings. The van der Waals surface area contributed by atoms with Crippen molar-refractivity contribution >= 4 is 23.5 Å². The van der Waals surface area contributed by atoms with E-state index in [2.05, 4.69) is 0 Å². The summed E-state index contributed by atoms with van der Waals surface area (Å²) in [5, 5.41) is 0.649. The van der Waals surface area contributed by atoms with Crippen LogP contribution in [0.15, 0.2) is 24.3 Å². The third-order valence-electron chi connectivity index (χ3n) is 3.07. The summed E-state index contributed by atoms with van der Waals surface area (Å²) in [6, 6.07) is 6.78. The zero-order chi connectivity index (χ0) is 13.1. The van der Waals surface area contributed by atoms with Gasteiger partial charge in [-0.15, -0.1) is 0 Å². The van der Waals surface area contributed by atoms with Gasteiger partial charge in [-0.1, -0.05) is 23.7 Å². The summed E-state index contributed by atoms with van der Waals surface area (Å²) in [5.74, 6) is -0.366. The summed E-state index contributed by atoms with van der Waals surface area (Å²) in [4.78, 5) is 24.9. The molecule has 0 N–H and O–H groups in total. The minimum Gasteiger partial charge on any atom is -0.467 e. The van der Waals surface area contributed by atoms with Gasteiger partial charge in [0.1, 0.15) is 6.04 Å². The average molecular weight is 268 g/mol. The van der Waals surface area contributed by atoms with Crippen LogP contribution in [-0.4, -0.2) is 29.9 Å². The van der Waals surface area contributed by atoms with Crippen LogP contribution in [0.5, 0.6) is 0 Å².